The van der Waals surface area contributed by atoms with E-state index in [0.29, 0.717) is 0 Å². The van der Waals surface area contributed by atoms with Gasteiger partial charge in [-0.3, -0.25) is 0 Å². The first-order valence-corrected chi connectivity index (χ1v) is 16.5. The highest BCUT2D eigenvalue weighted by Gasteiger charge is 2.18. The van der Waals surface area contributed by atoms with E-state index in [9.17, 15) is 0 Å². The molecule has 224 valence electrons. The standard InChI is InChI=1S/C46H30N2/c1-2-11-31(12-3-1)32-21-23-36(24-22-32)47-28-27-42-43(47)26-25-41-40-19-8-9-20-44(40)48(46(41)42)37-16-10-15-35(30-37)45-38-17-6-4-13-33(38)29-34-14-5-7-18-39(34)45/h1-30H. The predicted octanol–water partition coefficient (Wildman–Crippen LogP) is 12.4. The molecule has 0 fully saturated rings. The first-order valence-electron chi connectivity index (χ1n) is 16.5. The minimum absolute atomic E-state index is 1.15. The van der Waals surface area contributed by atoms with Gasteiger partial charge >= 0.3 is 0 Å². The number of rotatable bonds is 4. The summed E-state index contributed by atoms with van der Waals surface area (Å²) < 4.78 is 4.77. The van der Waals surface area contributed by atoms with Gasteiger partial charge in [0, 0.05) is 33.7 Å². The molecule has 8 aromatic carbocycles. The summed E-state index contributed by atoms with van der Waals surface area (Å²) in [5.41, 5.74) is 10.9. The van der Waals surface area contributed by atoms with Crippen LogP contribution in [0.4, 0.5) is 0 Å². The first kappa shape index (κ1) is 26.8. The van der Waals surface area contributed by atoms with Gasteiger partial charge in [0.1, 0.15) is 0 Å². The van der Waals surface area contributed by atoms with Crippen LogP contribution in [-0.4, -0.2) is 9.13 Å². The summed E-state index contributed by atoms with van der Waals surface area (Å²) in [6.45, 7) is 0. The summed E-state index contributed by atoms with van der Waals surface area (Å²) in [6, 6.07) is 64.0. The van der Waals surface area contributed by atoms with Gasteiger partial charge in [-0.05, 0) is 92.3 Å². The van der Waals surface area contributed by atoms with Gasteiger partial charge < -0.3 is 9.13 Å². The van der Waals surface area contributed by atoms with E-state index in [1.165, 1.54) is 76.5 Å². The highest BCUT2D eigenvalue weighted by molar-refractivity contribution is 6.19. The van der Waals surface area contributed by atoms with E-state index >= 15 is 0 Å². The molecule has 2 heteroatoms. The van der Waals surface area contributed by atoms with Crippen LogP contribution in [0.25, 0.3) is 87.9 Å². The van der Waals surface area contributed by atoms with Gasteiger partial charge in [0.15, 0.2) is 0 Å². The largest absolute Gasteiger partial charge is 0.316 e. The van der Waals surface area contributed by atoms with E-state index in [4.69, 9.17) is 0 Å². The van der Waals surface area contributed by atoms with E-state index in [1.807, 2.05) is 0 Å². The van der Waals surface area contributed by atoms with Crippen molar-refractivity contribution in [3.63, 3.8) is 0 Å². The van der Waals surface area contributed by atoms with Gasteiger partial charge in [0.2, 0.25) is 0 Å². The van der Waals surface area contributed by atoms with Gasteiger partial charge in [-0.15, -0.1) is 0 Å². The molecule has 0 bridgehead atoms. The van der Waals surface area contributed by atoms with Gasteiger partial charge in [0.05, 0.1) is 16.6 Å². The van der Waals surface area contributed by atoms with Crippen molar-refractivity contribution < 1.29 is 0 Å². The Hall–Kier alpha value is -6.38. The molecule has 0 saturated carbocycles. The zero-order valence-electron chi connectivity index (χ0n) is 26.2. The molecule has 2 nitrogen and oxygen atoms in total. The third-order valence-corrected chi connectivity index (χ3v) is 9.92. The van der Waals surface area contributed by atoms with Crippen LogP contribution in [0.1, 0.15) is 0 Å². The molecule has 0 N–H and O–H groups in total. The number of nitrogens with zero attached hydrogens (tertiary/aromatic N) is 2. The molecule has 0 spiro atoms. The van der Waals surface area contributed by atoms with Gasteiger partial charge in [-0.25, -0.2) is 0 Å². The van der Waals surface area contributed by atoms with Crippen LogP contribution in [0.2, 0.25) is 0 Å². The van der Waals surface area contributed by atoms with E-state index < -0.39 is 0 Å². The van der Waals surface area contributed by atoms with E-state index in [2.05, 4.69) is 191 Å². The zero-order valence-corrected chi connectivity index (χ0v) is 26.2. The Labute approximate surface area is 278 Å². The molecule has 0 atom stereocenters. The lowest BCUT2D eigenvalue weighted by atomic mass is 9.92. The molecule has 0 aliphatic carbocycles. The highest BCUT2D eigenvalue weighted by atomic mass is 15.0. The van der Waals surface area contributed by atoms with Crippen molar-refractivity contribution in [3.8, 4) is 33.6 Å². The molecule has 0 saturated heterocycles. The average Bonchev–Trinajstić information content (AvgIpc) is 3.74. The Morgan fingerprint density at radius 1 is 0.333 bits per heavy atom. The van der Waals surface area contributed by atoms with Gasteiger partial charge in [-0.1, -0.05) is 127 Å². The quantitative estimate of drug-likeness (QED) is 0.175. The molecule has 0 aliphatic rings. The van der Waals surface area contributed by atoms with E-state index in [0.717, 1.165) is 11.4 Å². The molecule has 0 radical (unpaired) electrons. The average molecular weight is 611 g/mol. The highest BCUT2D eigenvalue weighted by Crippen LogP contribution is 2.40. The lowest BCUT2D eigenvalue weighted by molar-refractivity contribution is 1.13. The lowest BCUT2D eigenvalue weighted by Gasteiger charge is -2.15. The second kappa shape index (κ2) is 10.6. The first-order chi connectivity index (χ1) is 23.8. The Morgan fingerprint density at radius 2 is 0.979 bits per heavy atom. The van der Waals surface area contributed by atoms with Crippen molar-refractivity contribution >= 4 is 54.3 Å². The third-order valence-electron chi connectivity index (χ3n) is 9.92. The summed E-state index contributed by atoms with van der Waals surface area (Å²) in [5.74, 6) is 0. The van der Waals surface area contributed by atoms with E-state index in [1.54, 1.807) is 0 Å². The minimum atomic E-state index is 1.15. The number of aromatic nitrogens is 2. The Morgan fingerprint density at radius 3 is 1.75 bits per heavy atom. The van der Waals surface area contributed by atoms with Crippen molar-refractivity contribution in [2.45, 2.75) is 0 Å². The lowest BCUT2D eigenvalue weighted by Crippen LogP contribution is -1.96. The fourth-order valence-electron chi connectivity index (χ4n) is 7.74. The second-order valence-corrected chi connectivity index (χ2v) is 12.6. The van der Waals surface area contributed by atoms with Crippen LogP contribution in [-0.2, 0) is 0 Å². The minimum Gasteiger partial charge on any atom is -0.316 e. The summed E-state index contributed by atoms with van der Waals surface area (Å²) in [4.78, 5) is 0. The monoisotopic (exact) mass is 610 g/mol. The molecule has 48 heavy (non-hydrogen) atoms. The predicted molar refractivity (Wildman–Crippen MR) is 203 cm³/mol. The number of fused-ring (bicyclic) bond motifs is 7. The molecule has 2 aromatic heterocycles. The summed E-state index contributed by atoms with van der Waals surface area (Å²) in [5, 5.41) is 8.81. The smallest absolute Gasteiger partial charge is 0.0635 e. The topological polar surface area (TPSA) is 9.86 Å². The van der Waals surface area contributed by atoms with Crippen molar-refractivity contribution in [1.29, 1.82) is 0 Å². The molecular formula is C46H30N2. The maximum atomic E-state index is 2.46. The SMILES string of the molecule is c1ccc(-c2ccc(-n3ccc4c3ccc3c5ccccc5n(-c5cccc(-c6c7ccccc7cc7ccccc67)c5)c34)cc2)cc1. The van der Waals surface area contributed by atoms with Gasteiger partial charge in [0.25, 0.3) is 0 Å². The van der Waals surface area contributed by atoms with Crippen LogP contribution < -0.4 is 0 Å². The fraction of sp³-hybridized carbons (Fsp3) is 0. The zero-order chi connectivity index (χ0) is 31.6. The normalized spacial score (nSPS) is 11.8. The van der Waals surface area contributed by atoms with Crippen molar-refractivity contribution in [1.82, 2.24) is 9.13 Å². The summed E-state index contributed by atoms with van der Waals surface area (Å²) >= 11 is 0. The summed E-state index contributed by atoms with van der Waals surface area (Å²) in [7, 11) is 0. The van der Waals surface area contributed by atoms with Crippen LogP contribution in [0, 0.1) is 0 Å². The second-order valence-electron chi connectivity index (χ2n) is 12.6. The molecule has 10 rings (SSSR count). The number of hydrogen-bond acceptors (Lipinski definition) is 0. The number of benzene rings is 8. The molecular weight excluding hydrogens is 581 g/mol. The number of para-hydroxylation sites is 1. The van der Waals surface area contributed by atoms with Crippen LogP contribution in [0.5, 0.6) is 0 Å². The molecule has 0 aliphatic heterocycles. The van der Waals surface area contributed by atoms with Crippen LogP contribution in [0.3, 0.4) is 0 Å². The van der Waals surface area contributed by atoms with Crippen molar-refractivity contribution in [2.75, 3.05) is 0 Å². The van der Waals surface area contributed by atoms with Crippen molar-refractivity contribution in [2.24, 2.45) is 0 Å². The van der Waals surface area contributed by atoms with Crippen molar-refractivity contribution in [3.05, 3.63) is 182 Å². The fourth-order valence-corrected chi connectivity index (χ4v) is 7.74. The maximum Gasteiger partial charge on any atom is 0.0635 e. The molecule has 0 unspecified atom stereocenters. The Kier molecular flexibility index (Phi) is 5.91. The van der Waals surface area contributed by atoms with Gasteiger partial charge in [-0.2, -0.15) is 0 Å². The Balaban J connectivity index is 1.19. The third kappa shape index (κ3) is 4.06. The van der Waals surface area contributed by atoms with E-state index in [-0.39, 0.29) is 0 Å². The van der Waals surface area contributed by atoms with Crippen LogP contribution in [0.15, 0.2) is 182 Å². The maximum absolute atomic E-state index is 2.46. The Bertz CT molecular complexity index is 2760. The molecule has 10 aromatic rings. The molecule has 0 amide bonds. The molecule has 2 heterocycles. The summed E-state index contributed by atoms with van der Waals surface area (Å²) in [6.07, 6.45) is 2.21. The number of hydrogen-bond donors (Lipinski definition) is 0. The van der Waals surface area contributed by atoms with Crippen LogP contribution >= 0.6 is 0 Å².